The normalized spacial score (nSPS) is 31.5. The Morgan fingerprint density at radius 3 is 2.30 bits per heavy atom. The fraction of sp³-hybridized carbons (Fsp3) is 1.00. The molecule has 0 radical (unpaired) electrons. The van der Waals surface area contributed by atoms with Crippen LogP contribution in [0.2, 0.25) is 0 Å². The SMILES string of the molecule is CC(C)CN(CCN(C)C)C1(CN)CCC(C)CC1C. The molecule has 3 unspecified atom stereocenters. The van der Waals surface area contributed by atoms with Crippen LogP contribution >= 0.6 is 0 Å². The highest BCUT2D eigenvalue weighted by molar-refractivity contribution is 5.00. The molecule has 3 atom stereocenters. The van der Waals surface area contributed by atoms with Gasteiger partial charge in [-0.25, -0.2) is 0 Å². The quantitative estimate of drug-likeness (QED) is 0.779. The molecule has 0 bridgehead atoms. The molecule has 0 saturated heterocycles. The van der Waals surface area contributed by atoms with Crippen LogP contribution in [0.5, 0.6) is 0 Å². The van der Waals surface area contributed by atoms with E-state index in [1.165, 1.54) is 25.8 Å². The van der Waals surface area contributed by atoms with E-state index in [4.69, 9.17) is 5.73 Å². The topological polar surface area (TPSA) is 32.5 Å². The Morgan fingerprint density at radius 2 is 1.85 bits per heavy atom. The lowest BCUT2D eigenvalue weighted by Gasteiger charge is -2.52. The summed E-state index contributed by atoms with van der Waals surface area (Å²) in [5, 5.41) is 0. The highest BCUT2D eigenvalue weighted by atomic mass is 15.2. The van der Waals surface area contributed by atoms with E-state index in [-0.39, 0.29) is 5.54 Å². The Hall–Kier alpha value is -0.120. The minimum absolute atomic E-state index is 0.229. The third-order valence-corrected chi connectivity index (χ3v) is 5.13. The molecule has 0 amide bonds. The molecule has 0 spiro atoms. The summed E-state index contributed by atoms with van der Waals surface area (Å²) in [6.45, 7) is 13.7. The van der Waals surface area contributed by atoms with E-state index in [9.17, 15) is 0 Å². The second kappa shape index (κ2) is 7.77. The van der Waals surface area contributed by atoms with Crippen LogP contribution in [-0.2, 0) is 0 Å². The van der Waals surface area contributed by atoms with Crippen molar-refractivity contribution < 1.29 is 0 Å². The van der Waals surface area contributed by atoms with Crippen molar-refractivity contribution in [1.29, 1.82) is 0 Å². The summed E-state index contributed by atoms with van der Waals surface area (Å²) >= 11 is 0. The van der Waals surface area contributed by atoms with Crippen molar-refractivity contribution in [3.63, 3.8) is 0 Å². The molecular formula is C17H37N3. The first-order chi connectivity index (χ1) is 9.31. The number of nitrogens with zero attached hydrogens (tertiary/aromatic N) is 2. The van der Waals surface area contributed by atoms with Crippen LogP contribution in [-0.4, -0.2) is 55.6 Å². The second-order valence-corrected chi connectivity index (χ2v) is 7.73. The van der Waals surface area contributed by atoms with Crippen LogP contribution in [0.3, 0.4) is 0 Å². The molecule has 1 aliphatic carbocycles. The summed E-state index contributed by atoms with van der Waals surface area (Å²) < 4.78 is 0. The lowest BCUT2D eigenvalue weighted by Crippen LogP contribution is -2.61. The van der Waals surface area contributed by atoms with Gasteiger partial charge in [0, 0.05) is 31.7 Å². The first-order valence-corrected chi connectivity index (χ1v) is 8.41. The first kappa shape index (κ1) is 17.9. The van der Waals surface area contributed by atoms with Gasteiger partial charge in [0.2, 0.25) is 0 Å². The summed E-state index contributed by atoms with van der Waals surface area (Å²) in [5.41, 5.74) is 6.53. The largest absolute Gasteiger partial charge is 0.329 e. The van der Waals surface area contributed by atoms with E-state index < -0.39 is 0 Å². The smallest absolute Gasteiger partial charge is 0.0358 e. The summed E-state index contributed by atoms with van der Waals surface area (Å²) in [4.78, 5) is 5.00. The maximum absolute atomic E-state index is 6.30. The molecule has 20 heavy (non-hydrogen) atoms. The molecular weight excluding hydrogens is 246 g/mol. The molecule has 0 aliphatic heterocycles. The van der Waals surface area contributed by atoms with Crippen LogP contribution in [0, 0.1) is 17.8 Å². The van der Waals surface area contributed by atoms with Crippen molar-refractivity contribution in [2.45, 2.75) is 52.5 Å². The molecule has 120 valence electrons. The Balaban J connectivity index is 2.87. The third-order valence-electron chi connectivity index (χ3n) is 5.13. The molecule has 0 aromatic carbocycles. The summed E-state index contributed by atoms with van der Waals surface area (Å²) in [5.74, 6) is 2.27. The molecule has 1 fully saturated rings. The van der Waals surface area contributed by atoms with E-state index >= 15 is 0 Å². The van der Waals surface area contributed by atoms with E-state index in [1.54, 1.807) is 0 Å². The van der Waals surface area contributed by atoms with Gasteiger partial charge in [-0.15, -0.1) is 0 Å². The van der Waals surface area contributed by atoms with Gasteiger partial charge in [0.15, 0.2) is 0 Å². The maximum atomic E-state index is 6.30. The van der Waals surface area contributed by atoms with Gasteiger partial charge in [-0.1, -0.05) is 27.7 Å². The number of hydrogen-bond donors (Lipinski definition) is 1. The van der Waals surface area contributed by atoms with Crippen molar-refractivity contribution in [2.75, 3.05) is 40.3 Å². The van der Waals surface area contributed by atoms with Crippen LogP contribution < -0.4 is 5.73 Å². The predicted octanol–water partition coefficient (Wildman–Crippen LogP) is 2.66. The van der Waals surface area contributed by atoms with Gasteiger partial charge in [-0.3, -0.25) is 4.90 Å². The number of likely N-dealkylation sites (N-methyl/N-ethyl adjacent to an activating group) is 1. The molecule has 1 aliphatic rings. The van der Waals surface area contributed by atoms with Crippen molar-refractivity contribution in [3.05, 3.63) is 0 Å². The van der Waals surface area contributed by atoms with E-state index in [0.717, 1.165) is 25.6 Å². The predicted molar refractivity (Wildman–Crippen MR) is 88.9 cm³/mol. The van der Waals surface area contributed by atoms with Crippen LogP contribution in [0.15, 0.2) is 0 Å². The second-order valence-electron chi connectivity index (χ2n) is 7.73. The standard InChI is InChI=1S/C17H37N3/c1-14(2)12-20(10-9-19(5)6)17(13-18)8-7-15(3)11-16(17)4/h14-16H,7-13,18H2,1-6H3. The van der Waals surface area contributed by atoms with E-state index in [0.29, 0.717) is 11.8 Å². The van der Waals surface area contributed by atoms with Crippen molar-refractivity contribution in [1.82, 2.24) is 9.80 Å². The Labute approximate surface area is 126 Å². The van der Waals surface area contributed by atoms with Crippen LogP contribution in [0.4, 0.5) is 0 Å². The fourth-order valence-electron chi connectivity index (χ4n) is 3.84. The minimum atomic E-state index is 0.229. The van der Waals surface area contributed by atoms with Gasteiger partial charge in [0.25, 0.3) is 0 Å². The molecule has 0 aromatic heterocycles. The van der Waals surface area contributed by atoms with Crippen molar-refractivity contribution in [3.8, 4) is 0 Å². The third kappa shape index (κ3) is 4.44. The zero-order valence-electron chi connectivity index (χ0n) is 14.7. The Bertz CT molecular complexity index is 277. The van der Waals surface area contributed by atoms with Gasteiger partial charge in [-0.2, -0.15) is 0 Å². The van der Waals surface area contributed by atoms with Gasteiger partial charge >= 0.3 is 0 Å². The monoisotopic (exact) mass is 283 g/mol. The highest BCUT2D eigenvalue weighted by Gasteiger charge is 2.43. The number of nitrogens with two attached hydrogens (primary N) is 1. The van der Waals surface area contributed by atoms with Gasteiger partial charge in [-0.05, 0) is 51.1 Å². The molecule has 2 N–H and O–H groups in total. The summed E-state index contributed by atoms with van der Waals surface area (Å²) in [6, 6.07) is 0. The lowest BCUT2D eigenvalue weighted by atomic mass is 9.68. The lowest BCUT2D eigenvalue weighted by molar-refractivity contribution is -0.0105. The van der Waals surface area contributed by atoms with E-state index in [1.807, 2.05) is 0 Å². The number of rotatable bonds is 7. The average molecular weight is 284 g/mol. The molecule has 1 saturated carbocycles. The number of hydrogen-bond acceptors (Lipinski definition) is 3. The van der Waals surface area contributed by atoms with Crippen molar-refractivity contribution in [2.24, 2.45) is 23.5 Å². The highest BCUT2D eigenvalue weighted by Crippen LogP contribution is 2.40. The molecule has 3 nitrogen and oxygen atoms in total. The van der Waals surface area contributed by atoms with Crippen LogP contribution in [0.25, 0.3) is 0 Å². The Kier molecular flexibility index (Phi) is 6.96. The Morgan fingerprint density at radius 1 is 1.20 bits per heavy atom. The van der Waals surface area contributed by atoms with Gasteiger partial charge in [0.05, 0.1) is 0 Å². The maximum Gasteiger partial charge on any atom is 0.0358 e. The van der Waals surface area contributed by atoms with Gasteiger partial charge < -0.3 is 10.6 Å². The van der Waals surface area contributed by atoms with Crippen molar-refractivity contribution >= 4 is 0 Å². The van der Waals surface area contributed by atoms with E-state index in [2.05, 4.69) is 51.6 Å². The molecule has 0 heterocycles. The minimum Gasteiger partial charge on any atom is -0.329 e. The summed E-state index contributed by atoms with van der Waals surface area (Å²) in [6.07, 6.45) is 3.93. The average Bonchev–Trinajstić information content (AvgIpc) is 2.35. The first-order valence-electron chi connectivity index (χ1n) is 8.41. The van der Waals surface area contributed by atoms with Gasteiger partial charge in [0.1, 0.15) is 0 Å². The molecule has 3 heteroatoms. The molecule has 0 aromatic rings. The summed E-state index contributed by atoms with van der Waals surface area (Å²) in [7, 11) is 4.32. The zero-order valence-corrected chi connectivity index (χ0v) is 14.7. The molecule has 1 rings (SSSR count). The fourth-order valence-corrected chi connectivity index (χ4v) is 3.84. The zero-order chi connectivity index (χ0) is 15.3. The van der Waals surface area contributed by atoms with Crippen LogP contribution in [0.1, 0.15) is 47.0 Å².